The van der Waals surface area contributed by atoms with Gasteiger partial charge < -0.3 is 14.2 Å². The standard InChI is InChI=1S/C31H26N6O3/c1-19-26-27(21-11-15-24(39-3)16-12-21)28-29-33-25(17-20-9-13-23(38-2)14-10-20)35-36(29)18-32-30(28)40-31(26)37(34-19)22-7-5-4-6-8-22/h4-16,18,27H,17H2,1-3H3/t27-/m0/s1. The minimum atomic E-state index is -0.226. The molecule has 0 radical (unpaired) electrons. The lowest BCUT2D eigenvalue weighted by atomic mass is 9.84. The van der Waals surface area contributed by atoms with Crippen LogP contribution in [0.15, 0.2) is 85.2 Å². The molecule has 0 fully saturated rings. The number of aromatic nitrogens is 6. The van der Waals surface area contributed by atoms with E-state index in [1.807, 2.05) is 78.3 Å². The molecule has 9 heteroatoms. The summed E-state index contributed by atoms with van der Waals surface area (Å²) in [5, 5.41) is 9.66. The van der Waals surface area contributed by atoms with Crippen LogP contribution in [-0.2, 0) is 6.42 Å². The minimum Gasteiger partial charge on any atom is -0.497 e. The summed E-state index contributed by atoms with van der Waals surface area (Å²) in [6.07, 6.45) is 2.23. The number of hydrogen-bond acceptors (Lipinski definition) is 7. The largest absolute Gasteiger partial charge is 0.497 e. The number of benzene rings is 3. The second-order valence-electron chi connectivity index (χ2n) is 9.64. The van der Waals surface area contributed by atoms with E-state index in [0.29, 0.717) is 29.7 Å². The molecule has 0 bridgehead atoms. The summed E-state index contributed by atoms with van der Waals surface area (Å²) in [5.41, 5.74) is 6.44. The molecule has 3 aromatic carbocycles. The average Bonchev–Trinajstić information content (AvgIpc) is 3.57. The number of para-hydroxylation sites is 1. The first-order chi connectivity index (χ1) is 19.6. The zero-order valence-corrected chi connectivity index (χ0v) is 22.3. The summed E-state index contributed by atoms with van der Waals surface area (Å²) >= 11 is 0. The molecule has 6 aromatic rings. The molecule has 3 aromatic heterocycles. The van der Waals surface area contributed by atoms with Gasteiger partial charge in [-0.1, -0.05) is 42.5 Å². The van der Waals surface area contributed by atoms with Crippen molar-refractivity contribution >= 4 is 5.65 Å². The van der Waals surface area contributed by atoms with Crippen LogP contribution in [0.4, 0.5) is 0 Å². The Morgan fingerprint density at radius 2 is 1.52 bits per heavy atom. The van der Waals surface area contributed by atoms with Gasteiger partial charge >= 0.3 is 0 Å². The van der Waals surface area contributed by atoms with Crippen molar-refractivity contribution in [3.8, 4) is 28.9 Å². The van der Waals surface area contributed by atoms with Gasteiger partial charge in [-0.2, -0.15) is 5.10 Å². The SMILES string of the molecule is COc1ccc(Cc2nc3c4c(ncn3n2)Oc2c(c(C)nn2-c2ccccc2)[C@@H]4c2ccc(OC)cc2)cc1. The van der Waals surface area contributed by atoms with Gasteiger partial charge in [-0.05, 0) is 54.4 Å². The number of aryl methyl sites for hydroxylation is 1. The van der Waals surface area contributed by atoms with Crippen LogP contribution >= 0.6 is 0 Å². The van der Waals surface area contributed by atoms with E-state index >= 15 is 0 Å². The van der Waals surface area contributed by atoms with Gasteiger partial charge in [0.2, 0.25) is 11.8 Å². The molecule has 7 rings (SSSR count). The lowest BCUT2D eigenvalue weighted by molar-refractivity contribution is 0.402. The van der Waals surface area contributed by atoms with Crippen molar-refractivity contribution in [2.24, 2.45) is 0 Å². The van der Waals surface area contributed by atoms with Crippen molar-refractivity contribution in [2.75, 3.05) is 14.2 Å². The molecule has 198 valence electrons. The average molecular weight is 531 g/mol. The number of hydrogen-bond donors (Lipinski definition) is 0. The second-order valence-corrected chi connectivity index (χ2v) is 9.64. The smallest absolute Gasteiger partial charge is 0.230 e. The monoisotopic (exact) mass is 530 g/mol. The first kappa shape index (κ1) is 23.9. The van der Waals surface area contributed by atoms with Gasteiger partial charge in [0.1, 0.15) is 17.8 Å². The zero-order valence-electron chi connectivity index (χ0n) is 22.3. The van der Waals surface area contributed by atoms with E-state index < -0.39 is 0 Å². The fraction of sp³-hybridized carbons (Fsp3) is 0.161. The van der Waals surface area contributed by atoms with Gasteiger partial charge in [-0.25, -0.2) is 19.2 Å². The van der Waals surface area contributed by atoms with Crippen molar-refractivity contribution in [3.63, 3.8) is 0 Å². The third kappa shape index (κ3) is 3.94. The van der Waals surface area contributed by atoms with Gasteiger partial charge in [0.15, 0.2) is 11.5 Å². The van der Waals surface area contributed by atoms with Gasteiger partial charge in [-0.15, -0.1) is 5.10 Å². The molecule has 0 N–H and O–H groups in total. The summed E-state index contributed by atoms with van der Waals surface area (Å²) in [6.45, 7) is 2.01. The van der Waals surface area contributed by atoms with Gasteiger partial charge in [0.25, 0.3) is 0 Å². The molecule has 9 nitrogen and oxygen atoms in total. The molecular formula is C31H26N6O3. The highest BCUT2D eigenvalue weighted by molar-refractivity contribution is 5.66. The molecule has 0 aliphatic carbocycles. The molecule has 0 saturated carbocycles. The fourth-order valence-electron chi connectivity index (χ4n) is 5.30. The van der Waals surface area contributed by atoms with E-state index in [1.54, 1.807) is 25.1 Å². The van der Waals surface area contributed by atoms with Crippen LogP contribution in [0.2, 0.25) is 0 Å². The first-order valence-electron chi connectivity index (χ1n) is 13.0. The Balaban J connectivity index is 1.39. The van der Waals surface area contributed by atoms with Crippen LogP contribution in [-0.4, -0.2) is 43.6 Å². The lowest BCUT2D eigenvalue weighted by Gasteiger charge is -2.26. The van der Waals surface area contributed by atoms with E-state index in [4.69, 9.17) is 34.4 Å². The maximum absolute atomic E-state index is 6.51. The van der Waals surface area contributed by atoms with E-state index in [2.05, 4.69) is 12.1 Å². The number of nitrogens with zero attached hydrogens (tertiary/aromatic N) is 6. The van der Waals surface area contributed by atoms with Crippen LogP contribution in [0.3, 0.4) is 0 Å². The third-order valence-corrected chi connectivity index (χ3v) is 7.24. The quantitative estimate of drug-likeness (QED) is 0.280. The van der Waals surface area contributed by atoms with Gasteiger partial charge in [0.05, 0.1) is 42.6 Å². The molecule has 1 aliphatic rings. The van der Waals surface area contributed by atoms with E-state index in [-0.39, 0.29) is 5.92 Å². The predicted molar refractivity (Wildman–Crippen MR) is 149 cm³/mol. The summed E-state index contributed by atoms with van der Waals surface area (Å²) < 4.78 is 20.8. The topological polar surface area (TPSA) is 88.6 Å². The molecular weight excluding hydrogens is 504 g/mol. The molecule has 1 aliphatic heterocycles. The minimum absolute atomic E-state index is 0.226. The van der Waals surface area contributed by atoms with Crippen molar-refractivity contribution in [2.45, 2.75) is 19.3 Å². The molecule has 0 spiro atoms. The van der Waals surface area contributed by atoms with Crippen molar-refractivity contribution in [1.29, 1.82) is 0 Å². The van der Waals surface area contributed by atoms with Gasteiger partial charge in [0, 0.05) is 6.42 Å². The van der Waals surface area contributed by atoms with Crippen molar-refractivity contribution in [1.82, 2.24) is 29.4 Å². The highest BCUT2D eigenvalue weighted by Crippen LogP contribution is 2.49. The molecule has 0 amide bonds. The number of methoxy groups -OCH3 is 2. The number of fused-ring (bicyclic) bond motifs is 4. The molecule has 0 unspecified atom stereocenters. The highest BCUT2D eigenvalue weighted by atomic mass is 16.5. The summed E-state index contributed by atoms with van der Waals surface area (Å²) in [5.74, 6) is 3.20. The molecule has 1 atom stereocenters. The third-order valence-electron chi connectivity index (χ3n) is 7.24. The van der Waals surface area contributed by atoms with E-state index in [1.165, 1.54) is 0 Å². The van der Waals surface area contributed by atoms with Crippen LogP contribution in [0.25, 0.3) is 11.3 Å². The summed E-state index contributed by atoms with van der Waals surface area (Å²) in [6, 6.07) is 26.0. The van der Waals surface area contributed by atoms with E-state index in [9.17, 15) is 0 Å². The van der Waals surface area contributed by atoms with Crippen molar-refractivity contribution < 1.29 is 14.2 Å². The maximum Gasteiger partial charge on any atom is 0.230 e. The second kappa shape index (κ2) is 9.53. The lowest BCUT2D eigenvalue weighted by Crippen LogP contribution is -2.16. The maximum atomic E-state index is 6.51. The number of ether oxygens (including phenoxy) is 3. The normalized spacial score (nSPS) is 13.9. The predicted octanol–water partition coefficient (Wildman–Crippen LogP) is 5.51. The van der Waals surface area contributed by atoms with Crippen molar-refractivity contribution in [3.05, 3.63) is 119 Å². The van der Waals surface area contributed by atoms with Gasteiger partial charge in [-0.3, -0.25) is 0 Å². The van der Waals surface area contributed by atoms with Crippen LogP contribution in [0.5, 0.6) is 23.3 Å². The zero-order chi connectivity index (χ0) is 27.2. The Bertz CT molecular complexity index is 1830. The van der Waals surface area contributed by atoms with Crippen LogP contribution in [0, 0.1) is 6.92 Å². The fourth-order valence-corrected chi connectivity index (χ4v) is 5.30. The Morgan fingerprint density at radius 1 is 0.825 bits per heavy atom. The van der Waals surface area contributed by atoms with Crippen LogP contribution in [0.1, 0.15) is 39.7 Å². The molecule has 0 saturated heterocycles. The molecule has 40 heavy (non-hydrogen) atoms. The summed E-state index contributed by atoms with van der Waals surface area (Å²) in [7, 11) is 3.33. The Labute approximate surface area is 230 Å². The Morgan fingerprint density at radius 3 is 2.23 bits per heavy atom. The van der Waals surface area contributed by atoms with Crippen LogP contribution < -0.4 is 14.2 Å². The Hall–Kier alpha value is -5.18. The highest BCUT2D eigenvalue weighted by Gasteiger charge is 2.38. The molecule has 4 heterocycles. The van der Waals surface area contributed by atoms with E-state index in [0.717, 1.165) is 45.1 Å². The summed E-state index contributed by atoms with van der Waals surface area (Å²) in [4.78, 5) is 9.69. The number of rotatable bonds is 6. The Kier molecular flexibility index (Phi) is 5.70. The first-order valence-corrected chi connectivity index (χ1v) is 13.0.